The van der Waals surface area contributed by atoms with Crippen LogP contribution in [0.15, 0.2) is 12.4 Å². The van der Waals surface area contributed by atoms with Gasteiger partial charge in [0.2, 0.25) is 0 Å². The highest BCUT2D eigenvalue weighted by molar-refractivity contribution is 5.82. The van der Waals surface area contributed by atoms with E-state index in [9.17, 15) is 4.79 Å². The monoisotopic (exact) mass is 426 g/mol. The van der Waals surface area contributed by atoms with Gasteiger partial charge < -0.3 is 0 Å². The van der Waals surface area contributed by atoms with Crippen LogP contribution in [-0.4, -0.2) is 15.6 Å². The second kappa shape index (κ2) is 8.67. The molecule has 0 radical (unpaired) electrons. The molecule has 0 spiro atoms. The van der Waals surface area contributed by atoms with Crippen LogP contribution in [0.25, 0.3) is 0 Å². The number of carbonyl (C=O) groups excluding carboxylic acids is 1. The largest absolute Gasteiger partial charge is 0.297 e. The molecule has 8 atom stereocenters. The molecule has 7 unspecified atom stereocenters. The Labute approximate surface area is 190 Å². The van der Waals surface area contributed by atoms with E-state index in [1.165, 1.54) is 51.4 Å². The quantitative estimate of drug-likeness (QED) is 0.517. The molecule has 31 heavy (non-hydrogen) atoms. The average Bonchev–Trinajstić information content (AvgIpc) is 3.32. The number of rotatable bonds is 3. The smallest absolute Gasteiger partial charge is 0.157 e. The molecule has 3 heteroatoms. The van der Waals surface area contributed by atoms with Crippen molar-refractivity contribution in [2.75, 3.05) is 0 Å². The molecule has 0 amide bonds. The van der Waals surface area contributed by atoms with Crippen LogP contribution in [0.4, 0.5) is 0 Å². The molecule has 4 saturated carbocycles. The molecule has 3 nitrogen and oxygen atoms in total. The highest BCUT2D eigenvalue weighted by Crippen LogP contribution is 2.67. The molecule has 0 bridgehead atoms. The van der Waals surface area contributed by atoms with Crippen molar-refractivity contribution in [3.63, 3.8) is 0 Å². The Balaban J connectivity index is 0.00000112. The number of carbonyl (C=O) groups is 1. The van der Waals surface area contributed by atoms with E-state index in [2.05, 4.69) is 25.9 Å². The van der Waals surface area contributed by atoms with Crippen LogP contribution in [0.2, 0.25) is 0 Å². The van der Waals surface area contributed by atoms with Crippen molar-refractivity contribution < 1.29 is 4.79 Å². The maximum atomic E-state index is 13.3. The Hall–Kier alpha value is -1.12. The molecule has 0 saturated heterocycles. The third-order valence-corrected chi connectivity index (χ3v) is 10.4. The standard InChI is InChI=1S/C26H40N2O.C2H6/c1-17-9-11-25(3)19(13-17)5-6-20-21-7-8-23(26(21,4)12-10-22(20)25)24(29)16-28-15-18(2)14-27-28;1-2/h14-15,17,19-23H,5-13,16H2,1-4H3;1-2H3/t17?,19?,20?,21?,22?,23-,25?,26?;/m1./s1. The Morgan fingerprint density at radius 2 is 1.74 bits per heavy atom. The van der Waals surface area contributed by atoms with Gasteiger partial charge in [0.25, 0.3) is 0 Å². The highest BCUT2D eigenvalue weighted by Gasteiger charge is 2.60. The SMILES string of the molecule is CC.Cc1cnn(CC(=O)[C@H]2CCC3C4CCC5CC(C)CCC5(C)C4CCC32C)c1. The normalized spacial score (nSPS) is 43.8. The van der Waals surface area contributed by atoms with Gasteiger partial charge in [-0.25, -0.2) is 0 Å². The summed E-state index contributed by atoms with van der Waals surface area (Å²) >= 11 is 0. The van der Waals surface area contributed by atoms with Gasteiger partial charge in [-0.15, -0.1) is 0 Å². The molecule has 1 heterocycles. The topological polar surface area (TPSA) is 34.9 Å². The lowest BCUT2D eigenvalue weighted by Gasteiger charge is -2.61. The fraction of sp³-hybridized carbons (Fsp3) is 0.857. The number of hydrogen-bond acceptors (Lipinski definition) is 2. The summed E-state index contributed by atoms with van der Waals surface area (Å²) in [6, 6.07) is 0. The Bertz CT molecular complexity index is 784. The van der Waals surface area contributed by atoms with E-state index in [1.807, 2.05) is 37.8 Å². The Kier molecular flexibility index (Phi) is 6.45. The van der Waals surface area contributed by atoms with Gasteiger partial charge in [0, 0.05) is 12.1 Å². The van der Waals surface area contributed by atoms with Gasteiger partial charge in [-0.1, -0.05) is 41.0 Å². The summed E-state index contributed by atoms with van der Waals surface area (Å²) in [5, 5.41) is 4.38. The number of aryl methyl sites for hydroxylation is 1. The Morgan fingerprint density at radius 1 is 1.03 bits per heavy atom. The molecule has 174 valence electrons. The summed E-state index contributed by atoms with van der Waals surface area (Å²) in [6.45, 7) is 14.1. The van der Waals surface area contributed by atoms with Crippen LogP contribution in [0.3, 0.4) is 0 Å². The average molecular weight is 427 g/mol. The minimum absolute atomic E-state index is 0.228. The van der Waals surface area contributed by atoms with Crippen molar-refractivity contribution in [1.29, 1.82) is 0 Å². The van der Waals surface area contributed by atoms with Gasteiger partial charge >= 0.3 is 0 Å². The number of ketones is 1. The van der Waals surface area contributed by atoms with Crippen LogP contribution in [0.1, 0.15) is 98.0 Å². The first-order valence-corrected chi connectivity index (χ1v) is 13.3. The third kappa shape index (κ3) is 3.82. The molecule has 0 aliphatic heterocycles. The predicted molar refractivity (Wildman–Crippen MR) is 128 cm³/mol. The summed E-state index contributed by atoms with van der Waals surface area (Å²) in [4.78, 5) is 13.3. The number of nitrogens with zero attached hydrogens (tertiary/aromatic N) is 2. The van der Waals surface area contributed by atoms with Crippen molar-refractivity contribution >= 4 is 5.78 Å². The van der Waals surface area contributed by atoms with Crippen molar-refractivity contribution in [3.05, 3.63) is 18.0 Å². The lowest BCUT2D eigenvalue weighted by Crippen LogP contribution is -2.53. The van der Waals surface area contributed by atoms with Crippen LogP contribution in [0, 0.1) is 53.3 Å². The van der Waals surface area contributed by atoms with E-state index in [-0.39, 0.29) is 11.3 Å². The zero-order chi connectivity index (χ0) is 22.4. The van der Waals surface area contributed by atoms with E-state index < -0.39 is 0 Å². The van der Waals surface area contributed by atoms with Crippen molar-refractivity contribution in [3.8, 4) is 0 Å². The molecule has 4 fully saturated rings. The first kappa shape index (κ1) is 23.1. The van der Waals surface area contributed by atoms with E-state index in [0.29, 0.717) is 17.7 Å². The van der Waals surface area contributed by atoms with Crippen LogP contribution in [-0.2, 0) is 11.3 Å². The minimum atomic E-state index is 0.228. The van der Waals surface area contributed by atoms with Crippen molar-refractivity contribution in [2.24, 2.45) is 46.3 Å². The lowest BCUT2D eigenvalue weighted by molar-refractivity contribution is -0.137. The third-order valence-electron chi connectivity index (χ3n) is 10.4. The zero-order valence-electron chi connectivity index (χ0n) is 21.0. The summed E-state index contributed by atoms with van der Waals surface area (Å²) < 4.78 is 1.86. The molecule has 1 aromatic rings. The Morgan fingerprint density at radius 3 is 2.45 bits per heavy atom. The molecule has 4 aliphatic carbocycles. The maximum absolute atomic E-state index is 13.3. The van der Waals surface area contributed by atoms with Gasteiger partial charge in [-0.05, 0) is 104 Å². The number of Topliss-reactive ketones (excluding diaryl/α,β-unsaturated/α-hetero) is 1. The van der Waals surface area contributed by atoms with Crippen LogP contribution < -0.4 is 0 Å². The summed E-state index contributed by atoms with van der Waals surface area (Å²) in [6.07, 6.45) is 16.1. The lowest BCUT2D eigenvalue weighted by atomic mass is 9.44. The fourth-order valence-electron chi connectivity index (χ4n) is 8.82. The molecule has 0 N–H and O–H groups in total. The van der Waals surface area contributed by atoms with Gasteiger partial charge in [0.1, 0.15) is 0 Å². The molecule has 0 aromatic carbocycles. The zero-order valence-corrected chi connectivity index (χ0v) is 21.0. The van der Waals surface area contributed by atoms with Gasteiger partial charge in [-0.2, -0.15) is 5.10 Å². The maximum Gasteiger partial charge on any atom is 0.157 e. The van der Waals surface area contributed by atoms with E-state index >= 15 is 0 Å². The summed E-state index contributed by atoms with van der Waals surface area (Å²) in [5.41, 5.74) is 1.94. The van der Waals surface area contributed by atoms with Crippen molar-refractivity contribution in [1.82, 2.24) is 9.78 Å². The van der Waals surface area contributed by atoms with Crippen LogP contribution >= 0.6 is 0 Å². The number of aromatic nitrogens is 2. The molecule has 5 rings (SSSR count). The predicted octanol–water partition coefficient (Wildman–Crippen LogP) is 7.08. The second-order valence-electron chi connectivity index (χ2n) is 11.9. The molecule has 4 aliphatic rings. The minimum Gasteiger partial charge on any atom is -0.297 e. The van der Waals surface area contributed by atoms with Crippen LogP contribution in [0.5, 0.6) is 0 Å². The fourth-order valence-corrected chi connectivity index (χ4v) is 8.82. The van der Waals surface area contributed by atoms with Gasteiger partial charge in [0.05, 0.1) is 12.7 Å². The first-order chi connectivity index (χ1) is 14.8. The summed E-state index contributed by atoms with van der Waals surface area (Å²) in [7, 11) is 0. The second-order valence-corrected chi connectivity index (χ2v) is 11.9. The van der Waals surface area contributed by atoms with Crippen molar-refractivity contribution in [2.45, 2.75) is 106 Å². The van der Waals surface area contributed by atoms with E-state index in [4.69, 9.17) is 0 Å². The highest BCUT2D eigenvalue weighted by atomic mass is 16.1. The molecular formula is C28H46N2O. The van der Waals surface area contributed by atoms with E-state index in [1.54, 1.807) is 0 Å². The van der Waals surface area contributed by atoms with E-state index in [0.717, 1.165) is 41.6 Å². The number of hydrogen-bond donors (Lipinski definition) is 0. The van der Waals surface area contributed by atoms with Gasteiger partial charge in [0.15, 0.2) is 5.78 Å². The molecule has 1 aromatic heterocycles. The molecular weight excluding hydrogens is 380 g/mol. The van der Waals surface area contributed by atoms with Gasteiger partial charge in [-0.3, -0.25) is 9.48 Å². The first-order valence-electron chi connectivity index (χ1n) is 13.3. The summed E-state index contributed by atoms with van der Waals surface area (Å²) in [5.74, 6) is 5.11. The number of fused-ring (bicyclic) bond motifs is 5.